The monoisotopic (exact) mass is 293 g/mol. The molecule has 2 rings (SSSR count). The van der Waals surface area contributed by atoms with Crippen molar-refractivity contribution in [2.75, 3.05) is 0 Å². The van der Waals surface area contributed by atoms with E-state index in [0.29, 0.717) is 11.3 Å². The average Bonchev–Trinajstić information content (AvgIpc) is 2.41. The van der Waals surface area contributed by atoms with Crippen molar-refractivity contribution in [1.82, 2.24) is 4.98 Å². The molecule has 21 heavy (non-hydrogen) atoms. The highest BCUT2D eigenvalue weighted by Gasteiger charge is 2.16. The van der Waals surface area contributed by atoms with Crippen molar-refractivity contribution < 1.29 is 18.7 Å². The molecule has 1 heterocycles. The summed E-state index contributed by atoms with van der Waals surface area (Å²) >= 11 is 0. The Bertz CT molecular complexity index is 718. The molecule has 0 aliphatic rings. The van der Waals surface area contributed by atoms with Gasteiger partial charge in [-0.15, -0.1) is 0 Å². The first kappa shape index (κ1) is 14.7. The molecule has 110 valence electrons. The summed E-state index contributed by atoms with van der Waals surface area (Å²) in [6.07, 6.45) is 0. The van der Waals surface area contributed by atoms with Crippen molar-refractivity contribution in [3.63, 3.8) is 0 Å². The van der Waals surface area contributed by atoms with Gasteiger partial charge in [-0.05, 0) is 37.6 Å². The van der Waals surface area contributed by atoms with Crippen LogP contribution < -0.4 is 10.5 Å². The number of aromatic nitrogens is 1. The molecule has 2 aromatic rings. The number of hydrogen-bond acceptors (Lipinski definition) is 4. The lowest BCUT2D eigenvalue weighted by molar-refractivity contribution is 0.318. The van der Waals surface area contributed by atoms with Gasteiger partial charge in [0.05, 0.1) is 5.56 Å². The summed E-state index contributed by atoms with van der Waals surface area (Å²) in [5.41, 5.74) is 7.20. The van der Waals surface area contributed by atoms with Crippen molar-refractivity contribution in [1.29, 1.82) is 0 Å². The summed E-state index contributed by atoms with van der Waals surface area (Å²) in [6, 6.07) is 4.82. The number of nitrogens with two attached hydrogens (primary N) is 1. The van der Waals surface area contributed by atoms with Crippen LogP contribution in [-0.4, -0.2) is 16.0 Å². The number of amidine groups is 1. The van der Waals surface area contributed by atoms with E-state index >= 15 is 0 Å². The van der Waals surface area contributed by atoms with Gasteiger partial charge in [-0.1, -0.05) is 5.16 Å². The van der Waals surface area contributed by atoms with E-state index in [-0.39, 0.29) is 23.0 Å². The van der Waals surface area contributed by atoms with Gasteiger partial charge in [0.2, 0.25) is 5.88 Å². The predicted octanol–water partition coefficient (Wildman–Crippen LogP) is 2.86. The normalized spacial score (nSPS) is 11.5. The van der Waals surface area contributed by atoms with Crippen LogP contribution in [0.4, 0.5) is 8.78 Å². The van der Waals surface area contributed by atoms with E-state index in [1.807, 2.05) is 0 Å². The lowest BCUT2D eigenvalue weighted by Gasteiger charge is -2.12. The van der Waals surface area contributed by atoms with Crippen LogP contribution in [0.3, 0.4) is 0 Å². The van der Waals surface area contributed by atoms with Crippen LogP contribution in [0, 0.1) is 25.5 Å². The Hall–Kier alpha value is -2.70. The molecule has 0 saturated carbocycles. The zero-order chi connectivity index (χ0) is 15.6. The number of rotatable bonds is 3. The van der Waals surface area contributed by atoms with Crippen LogP contribution in [-0.2, 0) is 0 Å². The molecule has 0 bridgehead atoms. The fraction of sp³-hybridized carbons (Fsp3) is 0.143. The van der Waals surface area contributed by atoms with E-state index in [1.165, 1.54) is 6.07 Å². The number of pyridine rings is 1. The predicted molar refractivity (Wildman–Crippen MR) is 72.7 cm³/mol. The third-order valence-corrected chi connectivity index (χ3v) is 2.78. The summed E-state index contributed by atoms with van der Waals surface area (Å²) in [7, 11) is 0. The summed E-state index contributed by atoms with van der Waals surface area (Å²) in [5, 5.41) is 11.7. The number of ether oxygens (including phenoxy) is 1. The molecule has 0 unspecified atom stereocenters. The molecule has 0 spiro atoms. The van der Waals surface area contributed by atoms with Gasteiger partial charge in [0.25, 0.3) is 0 Å². The minimum atomic E-state index is -1.04. The fourth-order valence-corrected chi connectivity index (χ4v) is 1.89. The molecular formula is C14H13F2N3O2. The highest BCUT2D eigenvalue weighted by atomic mass is 19.2. The van der Waals surface area contributed by atoms with Crippen LogP contribution in [0.5, 0.6) is 11.6 Å². The standard InChI is InChI=1S/C14H13F2N3O2/c1-7-5-8(2)18-14(12(7)13(17)19-20)21-9-3-4-10(15)11(16)6-9/h3-6,20H,1-2H3,(H2,17,19). The second-order valence-corrected chi connectivity index (χ2v) is 4.42. The molecule has 0 atom stereocenters. The number of aryl methyl sites for hydroxylation is 2. The van der Waals surface area contributed by atoms with Crippen molar-refractivity contribution in [2.45, 2.75) is 13.8 Å². The quantitative estimate of drug-likeness (QED) is 0.394. The minimum Gasteiger partial charge on any atom is -0.438 e. The van der Waals surface area contributed by atoms with E-state index in [1.54, 1.807) is 19.9 Å². The maximum Gasteiger partial charge on any atom is 0.230 e. The highest BCUT2D eigenvalue weighted by molar-refractivity contribution is 6.00. The maximum absolute atomic E-state index is 13.2. The van der Waals surface area contributed by atoms with E-state index in [2.05, 4.69) is 10.1 Å². The van der Waals surface area contributed by atoms with Gasteiger partial charge in [0, 0.05) is 11.8 Å². The smallest absolute Gasteiger partial charge is 0.230 e. The van der Waals surface area contributed by atoms with Gasteiger partial charge in [-0.3, -0.25) is 0 Å². The fourth-order valence-electron chi connectivity index (χ4n) is 1.89. The molecule has 7 heteroatoms. The first-order valence-electron chi connectivity index (χ1n) is 6.01. The molecule has 0 aliphatic heterocycles. The molecule has 0 fully saturated rings. The topological polar surface area (TPSA) is 80.7 Å². The molecule has 1 aromatic carbocycles. The van der Waals surface area contributed by atoms with Gasteiger partial charge < -0.3 is 15.7 Å². The van der Waals surface area contributed by atoms with Gasteiger partial charge >= 0.3 is 0 Å². The maximum atomic E-state index is 13.2. The van der Waals surface area contributed by atoms with Crippen LogP contribution in [0.25, 0.3) is 0 Å². The van der Waals surface area contributed by atoms with Crippen LogP contribution in [0.1, 0.15) is 16.8 Å². The Kier molecular flexibility index (Phi) is 4.02. The van der Waals surface area contributed by atoms with Crippen LogP contribution in [0.15, 0.2) is 29.4 Å². The molecule has 5 nitrogen and oxygen atoms in total. The summed E-state index contributed by atoms with van der Waals surface area (Å²) in [6.45, 7) is 3.47. The summed E-state index contributed by atoms with van der Waals surface area (Å²) in [5.74, 6) is -2.10. The van der Waals surface area contributed by atoms with E-state index in [9.17, 15) is 8.78 Å². The lowest BCUT2D eigenvalue weighted by Crippen LogP contribution is -2.17. The van der Waals surface area contributed by atoms with E-state index in [4.69, 9.17) is 15.7 Å². The molecule has 0 saturated heterocycles. The molecule has 0 aliphatic carbocycles. The molecular weight excluding hydrogens is 280 g/mol. The SMILES string of the molecule is Cc1cc(C)c(C(N)=NO)c(Oc2ccc(F)c(F)c2)n1. The number of benzene rings is 1. The molecule has 0 amide bonds. The summed E-state index contributed by atoms with van der Waals surface area (Å²) in [4.78, 5) is 4.14. The largest absolute Gasteiger partial charge is 0.438 e. The highest BCUT2D eigenvalue weighted by Crippen LogP contribution is 2.27. The second kappa shape index (κ2) is 5.74. The van der Waals surface area contributed by atoms with Crippen LogP contribution >= 0.6 is 0 Å². The first-order valence-corrected chi connectivity index (χ1v) is 6.01. The third-order valence-electron chi connectivity index (χ3n) is 2.78. The van der Waals surface area contributed by atoms with E-state index in [0.717, 1.165) is 12.1 Å². The number of hydrogen-bond donors (Lipinski definition) is 2. The molecule has 0 radical (unpaired) electrons. The zero-order valence-corrected chi connectivity index (χ0v) is 11.4. The molecule has 3 N–H and O–H groups in total. The van der Waals surface area contributed by atoms with Gasteiger partial charge in [-0.25, -0.2) is 13.8 Å². The number of oxime groups is 1. The van der Waals surface area contributed by atoms with Crippen molar-refractivity contribution in [2.24, 2.45) is 10.9 Å². The lowest BCUT2D eigenvalue weighted by atomic mass is 10.1. The first-order chi connectivity index (χ1) is 9.92. The van der Waals surface area contributed by atoms with Gasteiger partial charge in [0.1, 0.15) is 5.75 Å². The van der Waals surface area contributed by atoms with E-state index < -0.39 is 11.6 Å². The Morgan fingerprint density at radius 1 is 1.24 bits per heavy atom. The Morgan fingerprint density at radius 3 is 2.57 bits per heavy atom. The van der Waals surface area contributed by atoms with Gasteiger partial charge in [-0.2, -0.15) is 0 Å². The molecule has 1 aromatic heterocycles. The number of nitrogens with zero attached hydrogens (tertiary/aromatic N) is 2. The minimum absolute atomic E-state index is 0.0498. The Morgan fingerprint density at radius 2 is 1.95 bits per heavy atom. The number of halogens is 2. The van der Waals surface area contributed by atoms with Crippen molar-refractivity contribution in [3.05, 3.63) is 52.7 Å². The zero-order valence-electron chi connectivity index (χ0n) is 11.4. The average molecular weight is 293 g/mol. The second-order valence-electron chi connectivity index (χ2n) is 4.42. The van der Waals surface area contributed by atoms with Crippen molar-refractivity contribution >= 4 is 5.84 Å². The van der Waals surface area contributed by atoms with Crippen molar-refractivity contribution in [3.8, 4) is 11.6 Å². The Labute approximate surface area is 119 Å². The Balaban J connectivity index is 2.50. The summed E-state index contributed by atoms with van der Waals surface area (Å²) < 4.78 is 31.6. The van der Waals surface area contributed by atoms with Gasteiger partial charge in [0.15, 0.2) is 17.5 Å². The third kappa shape index (κ3) is 3.07. The van der Waals surface area contributed by atoms with Crippen LogP contribution in [0.2, 0.25) is 0 Å².